The molecule has 0 fully saturated rings. The van der Waals surface area contributed by atoms with Crippen LogP contribution in [0.25, 0.3) is 0 Å². The highest BCUT2D eigenvalue weighted by molar-refractivity contribution is 7.80. The summed E-state index contributed by atoms with van der Waals surface area (Å²) in [5, 5.41) is 43.2. The van der Waals surface area contributed by atoms with E-state index in [0.717, 1.165) is 0 Å². The van der Waals surface area contributed by atoms with Crippen molar-refractivity contribution < 1.29 is 59.1 Å². The Kier molecular flexibility index (Phi) is 32.7. The van der Waals surface area contributed by atoms with Crippen molar-refractivity contribution in [2.75, 3.05) is 29.6 Å². The van der Waals surface area contributed by atoms with E-state index in [9.17, 15) is 33.6 Å². The van der Waals surface area contributed by atoms with Crippen LogP contribution in [0.15, 0.2) is 0 Å². The van der Waals surface area contributed by atoms with Gasteiger partial charge in [0.15, 0.2) is 0 Å². The Morgan fingerprint density at radius 1 is 0.610 bits per heavy atom. The molecule has 0 saturated carbocycles. The third kappa shape index (κ3) is 33.9. The number of ketones is 1. The number of carbonyl (C=O) groups excluding carboxylic acids is 2. The molecule has 0 aliphatic rings. The second kappa shape index (κ2) is 29.3. The van der Waals surface area contributed by atoms with Gasteiger partial charge in [0.25, 0.3) is 0 Å². The molecule has 0 rings (SSSR count). The Hall–Kier alpha value is -2.23. The van der Waals surface area contributed by atoms with Crippen LogP contribution in [0.3, 0.4) is 0 Å². The fraction of sp³-hybridized carbons (Fsp3) is 0.667. The molecule has 0 aliphatic carbocycles. The largest absolute Gasteiger partial charge is 0.481 e. The maximum atomic E-state index is 11.6. The van der Waals surface area contributed by atoms with Crippen molar-refractivity contribution in [1.29, 1.82) is 0 Å². The first-order chi connectivity index (χ1) is 18.9. The highest BCUT2D eigenvalue weighted by Crippen LogP contribution is 2.10. The third-order valence-electron chi connectivity index (χ3n) is 4.13. The number of nitrogens with two attached hydrogens (primary N) is 3. The number of amides is 1. The summed E-state index contributed by atoms with van der Waals surface area (Å²) in [6.07, 6.45) is 0.400. The molecule has 20 heteroatoms. The second-order valence-corrected chi connectivity index (χ2v) is 9.29. The summed E-state index contributed by atoms with van der Waals surface area (Å²) in [5.41, 5.74) is 15.3. The normalized spacial score (nSPS) is 12.6. The second-order valence-electron chi connectivity index (χ2n) is 7.67. The maximum Gasteiger partial charge on any atom is 0.322 e. The summed E-state index contributed by atoms with van der Waals surface area (Å²) in [6, 6.07) is -2.68. The van der Waals surface area contributed by atoms with E-state index in [4.69, 9.17) is 42.7 Å². The zero-order valence-corrected chi connectivity index (χ0v) is 25.6. The molecule has 0 aromatic rings. The predicted octanol–water partition coefficient (Wildman–Crippen LogP) is -1.68. The SMILES string of the molecule is N[C@@H](CCC(=O)C[C@@H](CS)C(=O)NCC(=O)O)C(=O)O.N[C@@H](CCS)C(=O)O.N[C@@H](CS)C(=O)O.O=C(O)CCS. The van der Waals surface area contributed by atoms with E-state index in [2.05, 4.69) is 55.8 Å². The molecule has 41 heavy (non-hydrogen) atoms. The first-order valence-electron chi connectivity index (χ1n) is 11.5. The Labute approximate surface area is 258 Å². The summed E-state index contributed by atoms with van der Waals surface area (Å²) < 4.78 is 0. The zero-order valence-electron chi connectivity index (χ0n) is 22.0. The number of aliphatic carboxylic acids is 5. The fourth-order valence-corrected chi connectivity index (χ4v) is 2.72. The van der Waals surface area contributed by atoms with Gasteiger partial charge in [-0.15, -0.1) is 0 Å². The van der Waals surface area contributed by atoms with Gasteiger partial charge in [-0.05, 0) is 18.6 Å². The summed E-state index contributed by atoms with van der Waals surface area (Å²) in [6.45, 7) is -0.527. The lowest BCUT2D eigenvalue weighted by Gasteiger charge is -2.13. The molecule has 240 valence electrons. The number of nitrogens with one attached hydrogen (secondary N) is 1. The van der Waals surface area contributed by atoms with E-state index < -0.39 is 66.3 Å². The first kappa shape index (κ1) is 45.7. The van der Waals surface area contributed by atoms with Crippen molar-refractivity contribution in [2.45, 2.75) is 50.2 Å². The van der Waals surface area contributed by atoms with E-state index in [1.807, 2.05) is 0 Å². The van der Waals surface area contributed by atoms with Gasteiger partial charge >= 0.3 is 29.8 Å². The van der Waals surface area contributed by atoms with Crippen LogP contribution >= 0.6 is 50.5 Å². The topological polar surface area (TPSA) is 311 Å². The monoisotopic (exact) mass is 668 g/mol. The van der Waals surface area contributed by atoms with E-state index in [1.54, 1.807) is 0 Å². The van der Waals surface area contributed by atoms with Crippen molar-refractivity contribution >= 4 is 92.1 Å². The van der Waals surface area contributed by atoms with Gasteiger partial charge in [-0.3, -0.25) is 33.6 Å². The van der Waals surface area contributed by atoms with Crippen molar-refractivity contribution in [2.24, 2.45) is 23.1 Å². The molecule has 0 aromatic carbocycles. The lowest BCUT2D eigenvalue weighted by atomic mass is 9.99. The Balaban J connectivity index is -0.000000266. The zero-order chi connectivity index (χ0) is 33.1. The molecule has 12 N–H and O–H groups in total. The van der Waals surface area contributed by atoms with Gasteiger partial charge in [-0.25, -0.2) is 0 Å². The minimum absolute atomic E-state index is 0.00972. The van der Waals surface area contributed by atoms with E-state index in [1.165, 1.54) is 0 Å². The number of carboxylic acid groups (broad SMARTS) is 5. The van der Waals surface area contributed by atoms with E-state index >= 15 is 0 Å². The molecule has 0 bridgehead atoms. The predicted molar refractivity (Wildman–Crippen MR) is 162 cm³/mol. The van der Waals surface area contributed by atoms with E-state index in [-0.39, 0.29) is 43.0 Å². The van der Waals surface area contributed by atoms with Crippen LogP contribution in [0, 0.1) is 5.92 Å². The number of carbonyl (C=O) groups is 7. The first-order valence-corrected chi connectivity index (χ1v) is 14.1. The average Bonchev–Trinajstić information content (AvgIpc) is 2.89. The highest BCUT2D eigenvalue weighted by atomic mass is 32.1. The van der Waals surface area contributed by atoms with Crippen molar-refractivity contribution in [1.82, 2.24) is 5.32 Å². The molecular weight excluding hydrogens is 629 g/mol. The van der Waals surface area contributed by atoms with Gasteiger partial charge in [-0.1, -0.05) is 0 Å². The van der Waals surface area contributed by atoms with Gasteiger partial charge in [0.1, 0.15) is 30.5 Å². The summed E-state index contributed by atoms with van der Waals surface area (Å²) >= 11 is 15.1. The Bertz CT molecular complexity index is 823. The molecule has 16 nitrogen and oxygen atoms in total. The number of hydrogen-bond donors (Lipinski definition) is 13. The van der Waals surface area contributed by atoms with Gasteiger partial charge in [0, 0.05) is 30.1 Å². The molecule has 0 heterocycles. The van der Waals surface area contributed by atoms with Gasteiger partial charge in [-0.2, -0.15) is 50.5 Å². The van der Waals surface area contributed by atoms with Gasteiger partial charge < -0.3 is 48.1 Å². The standard InChI is InChI=1S/C11H18N2O6S.C4H9NO2S.C3H7NO2S.C3H6O2S/c12-8(11(18)19)2-1-7(14)3-6(5-20)10(17)13-4-9(15)16;5-3(1-2-8)4(6)7;4-2(1-7)3(5)6;4-3(5)1-2-6/h6,8,20H,1-5,12H2,(H,13,17)(H,15,16)(H,18,19);3,8H,1-2,5H2,(H,6,7);2,7H,1,4H2,(H,5,6);6H,1-2H2,(H,4,5)/t6-,8-;3-;2-;/m000./s1. The summed E-state index contributed by atoms with van der Waals surface area (Å²) in [5.74, 6) is -5.53. The smallest absolute Gasteiger partial charge is 0.322 e. The Morgan fingerprint density at radius 2 is 1.07 bits per heavy atom. The molecule has 4 atom stereocenters. The maximum absolute atomic E-state index is 11.6. The van der Waals surface area contributed by atoms with Gasteiger partial charge in [0.2, 0.25) is 5.91 Å². The van der Waals surface area contributed by atoms with Crippen LogP contribution in [0.1, 0.15) is 32.1 Å². The lowest BCUT2D eigenvalue weighted by molar-refractivity contribution is -0.139. The minimum atomic E-state index is -1.19. The number of carboxylic acids is 5. The third-order valence-corrected chi connectivity index (χ3v) is 5.44. The molecule has 0 aromatic heterocycles. The van der Waals surface area contributed by atoms with Crippen LogP contribution in [0.4, 0.5) is 0 Å². The molecular formula is C21H40N4O12S4. The fourth-order valence-electron chi connectivity index (χ4n) is 1.80. The quantitative estimate of drug-likeness (QED) is 0.0770. The van der Waals surface area contributed by atoms with Crippen LogP contribution in [-0.4, -0.2) is 115 Å². The van der Waals surface area contributed by atoms with Crippen molar-refractivity contribution in [3.63, 3.8) is 0 Å². The minimum Gasteiger partial charge on any atom is -0.481 e. The average molecular weight is 669 g/mol. The molecule has 0 spiro atoms. The lowest BCUT2D eigenvalue weighted by Crippen LogP contribution is -2.36. The number of Topliss-reactive ketones (excluding diaryl/α,β-unsaturated/α-hetero) is 1. The highest BCUT2D eigenvalue weighted by Gasteiger charge is 2.22. The van der Waals surface area contributed by atoms with Crippen LogP contribution in [-0.2, 0) is 33.6 Å². The molecule has 0 radical (unpaired) electrons. The summed E-state index contributed by atoms with van der Waals surface area (Å²) in [4.78, 5) is 73.2. The number of rotatable bonds is 17. The van der Waals surface area contributed by atoms with Crippen molar-refractivity contribution in [3.05, 3.63) is 0 Å². The molecule has 1 amide bonds. The van der Waals surface area contributed by atoms with Crippen LogP contribution in [0.2, 0.25) is 0 Å². The number of thiol groups is 4. The Morgan fingerprint density at radius 3 is 1.32 bits per heavy atom. The molecule has 0 unspecified atom stereocenters. The van der Waals surface area contributed by atoms with E-state index in [0.29, 0.717) is 17.9 Å². The van der Waals surface area contributed by atoms with Crippen molar-refractivity contribution in [3.8, 4) is 0 Å². The molecule has 0 aliphatic heterocycles. The van der Waals surface area contributed by atoms with Gasteiger partial charge in [0.05, 0.1) is 12.3 Å². The molecule has 0 saturated heterocycles. The number of hydrogen-bond acceptors (Lipinski definition) is 14. The van der Waals surface area contributed by atoms with Crippen LogP contribution < -0.4 is 22.5 Å². The van der Waals surface area contributed by atoms with Crippen LogP contribution in [0.5, 0.6) is 0 Å². The summed E-state index contributed by atoms with van der Waals surface area (Å²) in [7, 11) is 0.